The molecule has 4 aromatic carbocycles. The Morgan fingerprint density at radius 1 is 0.591 bits per heavy atom. The Balaban J connectivity index is 0.000000142. The van der Waals surface area contributed by atoms with Crippen LogP contribution in [0.4, 0.5) is 11.4 Å². The van der Waals surface area contributed by atoms with E-state index in [1.54, 1.807) is 0 Å². The molecule has 10 nitrogen and oxygen atoms in total. The minimum absolute atomic E-state index is 0.00422. The molecule has 216 valence electrons. The van der Waals surface area contributed by atoms with Crippen LogP contribution in [0.15, 0.2) is 99.1 Å². The van der Waals surface area contributed by atoms with Gasteiger partial charge in [0.05, 0.1) is 38.8 Å². The van der Waals surface area contributed by atoms with E-state index in [4.69, 9.17) is 0 Å². The molecule has 0 spiro atoms. The number of aromatic hydroxyl groups is 2. The van der Waals surface area contributed by atoms with Crippen LogP contribution in [0.25, 0.3) is 66.1 Å². The van der Waals surface area contributed by atoms with E-state index >= 15 is 0 Å². The summed E-state index contributed by atoms with van der Waals surface area (Å²) in [6.07, 6.45) is 0. The molecule has 0 atom stereocenters. The predicted molar refractivity (Wildman–Crippen MR) is 179 cm³/mol. The Hall–Kier alpha value is -5.20. The van der Waals surface area contributed by atoms with Crippen LogP contribution in [-0.4, -0.2) is 30.1 Å². The van der Waals surface area contributed by atoms with E-state index in [1.165, 1.54) is 0 Å². The standard InChI is InChI=1S/2C16H10BrN3O2/c2*17-8-5-6-9-12(7-8)19-16(21)13(9)15-14(20-22)10-3-1-2-4-11(10)18-15/h2*1-7,18-19,21H/p+1. The van der Waals surface area contributed by atoms with Gasteiger partial charge in [0.25, 0.3) is 5.69 Å². The monoisotopic (exact) mass is 711 g/mol. The second-order valence-electron chi connectivity index (χ2n) is 10.1. The third kappa shape index (κ3) is 4.46. The topological polar surface area (TPSA) is 164 Å². The Kier molecular flexibility index (Phi) is 6.79. The molecule has 0 unspecified atom stereocenters. The fourth-order valence-electron chi connectivity index (χ4n) is 5.66. The zero-order valence-electron chi connectivity index (χ0n) is 22.5. The van der Waals surface area contributed by atoms with Gasteiger partial charge in [0.2, 0.25) is 0 Å². The lowest BCUT2D eigenvalue weighted by Gasteiger charge is -1.99. The molecular formula is C32H21Br2N6O4+. The summed E-state index contributed by atoms with van der Waals surface area (Å²) in [5, 5.41) is 28.9. The van der Waals surface area contributed by atoms with Crippen LogP contribution < -0.4 is 5.18 Å². The van der Waals surface area contributed by atoms with E-state index in [1.807, 2.05) is 90.1 Å². The number of hydrogen-bond acceptors (Lipinski definition) is 5. The van der Waals surface area contributed by atoms with Gasteiger partial charge < -0.3 is 30.1 Å². The second kappa shape index (κ2) is 10.8. The van der Waals surface area contributed by atoms with Crippen LogP contribution >= 0.6 is 31.9 Å². The molecule has 0 amide bonds. The highest BCUT2D eigenvalue weighted by Gasteiger charge is 2.25. The lowest BCUT2D eigenvalue weighted by atomic mass is 10.1. The third-order valence-corrected chi connectivity index (χ3v) is 8.55. The average molecular weight is 713 g/mol. The lowest BCUT2D eigenvalue weighted by Crippen LogP contribution is -2.55. The number of para-hydroxylation sites is 2. The Morgan fingerprint density at radius 2 is 1.09 bits per heavy atom. The highest BCUT2D eigenvalue weighted by Crippen LogP contribution is 2.45. The smallest absolute Gasteiger partial charge is 0.286 e. The van der Waals surface area contributed by atoms with E-state index in [0.717, 1.165) is 52.6 Å². The average Bonchev–Trinajstić information content (AvgIpc) is 3.74. The van der Waals surface area contributed by atoms with Crippen LogP contribution in [0, 0.1) is 9.81 Å². The van der Waals surface area contributed by atoms with Gasteiger partial charge in [0.15, 0.2) is 11.8 Å². The number of halogens is 2. The SMILES string of the molecule is O=Nc1c(-c2c(O)[nH]c3cc(Br)ccc23)[nH]c2ccccc12.O=[NH+]c1c(-c2c(O)[nH]c3cc(Br)ccc23)[nH]c2ccccc12. The van der Waals surface area contributed by atoms with Crippen molar-refractivity contribution in [3.8, 4) is 34.3 Å². The highest BCUT2D eigenvalue weighted by molar-refractivity contribution is 9.10. The lowest BCUT2D eigenvalue weighted by molar-refractivity contribution is -0.376. The van der Waals surface area contributed by atoms with Gasteiger partial charge in [-0.15, -0.1) is 4.91 Å². The van der Waals surface area contributed by atoms with Gasteiger partial charge >= 0.3 is 0 Å². The van der Waals surface area contributed by atoms with E-state index in [9.17, 15) is 20.0 Å². The van der Waals surface area contributed by atoms with Crippen molar-refractivity contribution >= 4 is 86.8 Å². The quantitative estimate of drug-likeness (QED) is 0.0911. The molecule has 0 aliphatic carbocycles. The minimum atomic E-state index is 0.00422. The maximum atomic E-state index is 11.5. The maximum absolute atomic E-state index is 11.5. The molecule has 4 aromatic heterocycles. The number of nitroso groups, excluding NO2 is 2. The Morgan fingerprint density at radius 3 is 1.66 bits per heavy atom. The number of fused-ring (bicyclic) bond motifs is 4. The summed E-state index contributed by atoms with van der Waals surface area (Å²) in [4.78, 5) is 35.0. The number of rotatable bonds is 4. The third-order valence-electron chi connectivity index (χ3n) is 7.56. The molecule has 0 aliphatic rings. The molecule has 4 heterocycles. The first-order valence-corrected chi connectivity index (χ1v) is 14.9. The van der Waals surface area contributed by atoms with Crippen molar-refractivity contribution in [2.24, 2.45) is 5.18 Å². The van der Waals surface area contributed by atoms with Gasteiger partial charge in [-0.05, 0) is 47.6 Å². The Labute approximate surface area is 264 Å². The molecular weight excluding hydrogens is 692 g/mol. The summed E-state index contributed by atoms with van der Waals surface area (Å²) in [5.74, 6) is 0.0284. The van der Waals surface area contributed by atoms with Crippen LogP contribution in [0.3, 0.4) is 0 Å². The number of H-pyrrole nitrogens is 4. The van der Waals surface area contributed by atoms with Crippen molar-refractivity contribution in [1.82, 2.24) is 19.9 Å². The summed E-state index contributed by atoms with van der Waals surface area (Å²) in [5.41, 5.74) is 6.15. The second-order valence-corrected chi connectivity index (χ2v) is 11.9. The molecule has 7 N–H and O–H groups in total. The van der Waals surface area contributed by atoms with Gasteiger partial charge in [-0.1, -0.05) is 74.3 Å². The van der Waals surface area contributed by atoms with Crippen molar-refractivity contribution < 1.29 is 15.4 Å². The molecule has 0 fully saturated rings. The number of nitrogens with one attached hydrogen (secondary N) is 5. The first-order chi connectivity index (χ1) is 21.4. The van der Waals surface area contributed by atoms with Crippen molar-refractivity contribution in [3.63, 3.8) is 0 Å². The Bertz CT molecular complexity index is 2230. The molecule has 44 heavy (non-hydrogen) atoms. The van der Waals surface area contributed by atoms with E-state index in [2.05, 4.69) is 57.0 Å². The fraction of sp³-hybridized carbons (Fsp3) is 0. The number of aromatic nitrogens is 4. The molecule has 8 rings (SSSR count). The summed E-state index contributed by atoms with van der Waals surface area (Å²) in [7, 11) is 0. The molecule has 0 saturated carbocycles. The van der Waals surface area contributed by atoms with Gasteiger partial charge in [0.1, 0.15) is 11.4 Å². The van der Waals surface area contributed by atoms with Crippen LogP contribution in [0.1, 0.15) is 0 Å². The first kappa shape index (κ1) is 27.6. The summed E-state index contributed by atoms with van der Waals surface area (Å²) in [6, 6.07) is 26.2. The maximum Gasteiger partial charge on any atom is 0.286 e. The molecule has 0 saturated heterocycles. The largest absolute Gasteiger partial charge is 0.494 e. The summed E-state index contributed by atoms with van der Waals surface area (Å²) in [6.45, 7) is 0. The van der Waals surface area contributed by atoms with E-state index < -0.39 is 0 Å². The zero-order chi connectivity index (χ0) is 30.5. The van der Waals surface area contributed by atoms with Crippen LogP contribution in [0.2, 0.25) is 0 Å². The van der Waals surface area contributed by atoms with E-state index in [-0.39, 0.29) is 11.8 Å². The van der Waals surface area contributed by atoms with Crippen molar-refractivity contribution in [3.05, 3.63) is 104 Å². The molecule has 12 heteroatoms. The highest BCUT2D eigenvalue weighted by atomic mass is 79.9. The molecule has 0 aliphatic heterocycles. The van der Waals surface area contributed by atoms with Gasteiger partial charge in [-0.2, -0.15) is 0 Å². The summed E-state index contributed by atoms with van der Waals surface area (Å²) >= 11 is 6.81. The molecule has 8 aromatic rings. The number of benzene rings is 4. The van der Waals surface area contributed by atoms with Crippen LogP contribution in [0.5, 0.6) is 11.8 Å². The minimum Gasteiger partial charge on any atom is -0.494 e. The van der Waals surface area contributed by atoms with Gasteiger partial charge in [-0.3, -0.25) is 0 Å². The normalized spacial score (nSPS) is 11.3. The zero-order valence-corrected chi connectivity index (χ0v) is 25.7. The van der Waals surface area contributed by atoms with Gasteiger partial charge in [0, 0.05) is 40.7 Å². The number of aromatic amines is 4. The van der Waals surface area contributed by atoms with Crippen molar-refractivity contribution in [2.75, 3.05) is 0 Å². The number of nitrogens with zero attached hydrogens (tertiary/aromatic N) is 1. The van der Waals surface area contributed by atoms with Gasteiger partial charge in [-0.25, -0.2) is 0 Å². The van der Waals surface area contributed by atoms with Crippen molar-refractivity contribution in [1.29, 1.82) is 0 Å². The first-order valence-electron chi connectivity index (χ1n) is 13.3. The fourth-order valence-corrected chi connectivity index (χ4v) is 6.38. The summed E-state index contributed by atoms with van der Waals surface area (Å²) < 4.78 is 1.81. The number of hydrogen-bond donors (Lipinski definition) is 7. The predicted octanol–water partition coefficient (Wildman–Crippen LogP) is 8.45. The molecule has 0 radical (unpaired) electrons. The van der Waals surface area contributed by atoms with E-state index in [0.29, 0.717) is 33.9 Å². The van der Waals surface area contributed by atoms with Crippen molar-refractivity contribution in [2.45, 2.75) is 0 Å². The van der Waals surface area contributed by atoms with Crippen LogP contribution in [-0.2, 0) is 0 Å². The molecule has 0 bridgehead atoms.